The molecule has 0 aliphatic carbocycles. The molecule has 1 aliphatic heterocycles. The Bertz CT molecular complexity index is 1180. The van der Waals surface area contributed by atoms with Crippen LogP contribution >= 0.6 is 23.2 Å². The van der Waals surface area contributed by atoms with Gasteiger partial charge in [0.15, 0.2) is 0 Å². The molecular weight excluding hydrogens is 431 g/mol. The maximum atomic E-state index is 13.1. The Morgan fingerprint density at radius 3 is 2.24 bits per heavy atom. The van der Waals surface area contributed by atoms with Crippen molar-refractivity contribution in [3.63, 3.8) is 0 Å². The zero-order chi connectivity index (χ0) is 20.6. The lowest BCUT2D eigenvalue weighted by Crippen LogP contribution is -2.50. The molecule has 1 heterocycles. The van der Waals surface area contributed by atoms with E-state index in [1.165, 1.54) is 10.4 Å². The first-order valence-corrected chi connectivity index (χ1v) is 11.3. The van der Waals surface area contributed by atoms with Crippen LogP contribution < -0.4 is 0 Å². The van der Waals surface area contributed by atoms with Crippen LogP contribution in [0.15, 0.2) is 65.6 Å². The lowest BCUT2D eigenvalue weighted by Gasteiger charge is -2.34. The Kier molecular flexibility index (Phi) is 5.53. The second-order valence-electron chi connectivity index (χ2n) is 6.77. The monoisotopic (exact) mass is 448 g/mol. The second-order valence-corrected chi connectivity index (χ2v) is 9.47. The zero-order valence-electron chi connectivity index (χ0n) is 15.4. The van der Waals surface area contributed by atoms with Crippen molar-refractivity contribution in [2.24, 2.45) is 0 Å². The van der Waals surface area contributed by atoms with Crippen molar-refractivity contribution < 1.29 is 13.2 Å². The molecule has 1 fully saturated rings. The quantitative estimate of drug-likeness (QED) is 0.600. The molecule has 1 aliphatic rings. The van der Waals surface area contributed by atoms with Gasteiger partial charge >= 0.3 is 0 Å². The SMILES string of the molecule is O=C(c1cccc2ccccc12)N1CCN(S(=O)(=O)c2cccc(Cl)c2Cl)CC1. The molecule has 0 bridgehead atoms. The molecule has 4 rings (SSSR count). The summed E-state index contributed by atoms with van der Waals surface area (Å²) in [5.41, 5.74) is 0.622. The number of halogens is 2. The van der Waals surface area contributed by atoms with Crippen molar-refractivity contribution in [2.45, 2.75) is 4.90 Å². The summed E-state index contributed by atoms with van der Waals surface area (Å²) in [6, 6.07) is 17.9. The third kappa shape index (κ3) is 3.73. The van der Waals surface area contributed by atoms with Gasteiger partial charge in [-0.25, -0.2) is 8.42 Å². The maximum Gasteiger partial charge on any atom is 0.254 e. The van der Waals surface area contributed by atoms with Crippen LogP contribution in [0, 0.1) is 0 Å². The van der Waals surface area contributed by atoms with Gasteiger partial charge in [0.1, 0.15) is 4.90 Å². The van der Waals surface area contributed by atoms with Crippen LogP contribution in [-0.2, 0) is 10.0 Å². The summed E-state index contributed by atoms with van der Waals surface area (Å²) in [6.07, 6.45) is 0. The molecule has 0 atom stereocenters. The van der Waals surface area contributed by atoms with Crippen LogP contribution in [0.5, 0.6) is 0 Å². The predicted octanol–water partition coefficient (Wildman–Crippen LogP) is 4.29. The molecule has 3 aromatic rings. The number of rotatable bonds is 3. The highest BCUT2D eigenvalue weighted by Crippen LogP contribution is 2.31. The van der Waals surface area contributed by atoms with Crippen LogP contribution in [0.3, 0.4) is 0 Å². The zero-order valence-corrected chi connectivity index (χ0v) is 17.7. The fourth-order valence-corrected chi connectivity index (χ4v) is 5.69. The van der Waals surface area contributed by atoms with E-state index in [4.69, 9.17) is 23.2 Å². The molecule has 150 valence electrons. The minimum atomic E-state index is -3.78. The van der Waals surface area contributed by atoms with Gasteiger partial charge in [-0.15, -0.1) is 0 Å². The van der Waals surface area contributed by atoms with Crippen LogP contribution in [0.1, 0.15) is 10.4 Å². The highest BCUT2D eigenvalue weighted by Gasteiger charge is 2.32. The Morgan fingerprint density at radius 1 is 0.828 bits per heavy atom. The average molecular weight is 449 g/mol. The summed E-state index contributed by atoms with van der Waals surface area (Å²) < 4.78 is 27.3. The minimum Gasteiger partial charge on any atom is -0.336 e. The molecule has 0 radical (unpaired) electrons. The molecule has 0 unspecified atom stereocenters. The normalized spacial score (nSPS) is 15.6. The van der Waals surface area contributed by atoms with E-state index in [1.54, 1.807) is 23.1 Å². The number of fused-ring (bicyclic) bond motifs is 1. The molecule has 0 saturated carbocycles. The summed E-state index contributed by atoms with van der Waals surface area (Å²) in [4.78, 5) is 14.7. The van der Waals surface area contributed by atoms with E-state index in [9.17, 15) is 13.2 Å². The Morgan fingerprint density at radius 2 is 1.48 bits per heavy atom. The number of piperazine rings is 1. The summed E-state index contributed by atoms with van der Waals surface area (Å²) >= 11 is 12.1. The number of carbonyl (C=O) groups excluding carboxylic acids is 1. The fraction of sp³-hybridized carbons (Fsp3) is 0.190. The number of carbonyl (C=O) groups is 1. The van der Waals surface area contributed by atoms with Crippen molar-refractivity contribution >= 4 is 49.9 Å². The van der Waals surface area contributed by atoms with Gasteiger partial charge in [0.2, 0.25) is 10.0 Å². The number of sulfonamides is 1. The lowest BCUT2D eigenvalue weighted by atomic mass is 10.0. The molecule has 1 amide bonds. The molecule has 3 aromatic carbocycles. The van der Waals surface area contributed by atoms with Gasteiger partial charge < -0.3 is 4.90 Å². The topological polar surface area (TPSA) is 57.7 Å². The summed E-state index contributed by atoms with van der Waals surface area (Å²) in [5.74, 6) is -0.0976. The second kappa shape index (κ2) is 7.95. The molecule has 8 heteroatoms. The third-order valence-corrected chi connectivity index (χ3v) is 7.95. The van der Waals surface area contributed by atoms with Gasteiger partial charge in [-0.1, -0.05) is 65.7 Å². The van der Waals surface area contributed by atoms with Crippen molar-refractivity contribution in [1.29, 1.82) is 0 Å². The standard InChI is InChI=1S/C21H18Cl2N2O3S/c22-18-9-4-10-19(20(18)23)29(27,28)25-13-11-24(12-14-25)21(26)17-8-3-6-15-5-1-2-7-16(15)17/h1-10H,11-14H2. The van der Waals surface area contributed by atoms with Crippen LogP contribution in [0.2, 0.25) is 10.0 Å². The van der Waals surface area contributed by atoms with Gasteiger partial charge in [-0.3, -0.25) is 4.79 Å². The maximum absolute atomic E-state index is 13.1. The number of hydrogen-bond acceptors (Lipinski definition) is 3. The first-order chi connectivity index (χ1) is 13.9. The van der Waals surface area contributed by atoms with Crippen LogP contribution in [0.4, 0.5) is 0 Å². The Balaban J connectivity index is 1.53. The number of amides is 1. The van der Waals surface area contributed by atoms with Crippen molar-refractivity contribution in [3.05, 3.63) is 76.3 Å². The van der Waals surface area contributed by atoms with Crippen molar-refractivity contribution in [3.8, 4) is 0 Å². The van der Waals surface area contributed by atoms with Gasteiger partial charge in [-0.2, -0.15) is 4.31 Å². The molecular formula is C21H18Cl2N2O3S. The third-order valence-electron chi connectivity index (χ3n) is 5.08. The van der Waals surface area contributed by atoms with Crippen molar-refractivity contribution in [2.75, 3.05) is 26.2 Å². The Labute approximate surface area is 179 Å². The lowest BCUT2D eigenvalue weighted by molar-refractivity contribution is 0.0700. The van der Waals surface area contributed by atoms with E-state index in [1.807, 2.05) is 36.4 Å². The summed E-state index contributed by atoms with van der Waals surface area (Å²) in [5, 5.41) is 2.09. The smallest absolute Gasteiger partial charge is 0.254 e. The molecule has 0 spiro atoms. The van der Waals surface area contributed by atoms with E-state index in [0.717, 1.165) is 10.8 Å². The Hall–Kier alpha value is -2.12. The number of nitrogens with zero attached hydrogens (tertiary/aromatic N) is 2. The molecule has 0 N–H and O–H groups in total. The predicted molar refractivity (Wildman–Crippen MR) is 115 cm³/mol. The molecule has 0 aromatic heterocycles. The number of hydrogen-bond donors (Lipinski definition) is 0. The number of benzene rings is 3. The van der Waals surface area contributed by atoms with E-state index in [2.05, 4.69) is 0 Å². The highest BCUT2D eigenvalue weighted by atomic mass is 35.5. The largest absolute Gasteiger partial charge is 0.336 e. The van der Waals surface area contributed by atoms with Crippen molar-refractivity contribution in [1.82, 2.24) is 9.21 Å². The summed E-state index contributed by atoms with van der Waals surface area (Å²) in [6.45, 7) is 1.00. The van der Waals surface area contributed by atoms with E-state index in [-0.39, 0.29) is 33.9 Å². The first-order valence-electron chi connectivity index (χ1n) is 9.11. The van der Waals surface area contributed by atoms with E-state index < -0.39 is 10.0 Å². The first kappa shape index (κ1) is 20.2. The van der Waals surface area contributed by atoms with E-state index >= 15 is 0 Å². The summed E-state index contributed by atoms with van der Waals surface area (Å²) in [7, 11) is -3.78. The molecule has 5 nitrogen and oxygen atoms in total. The van der Waals surface area contributed by atoms with Gasteiger partial charge in [0.05, 0.1) is 10.0 Å². The molecule has 29 heavy (non-hydrogen) atoms. The van der Waals surface area contributed by atoms with Gasteiger partial charge in [0.25, 0.3) is 5.91 Å². The fourth-order valence-electron chi connectivity index (χ4n) is 3.54. The van der Waals surface area contributed by atoms with Gasteiger partial charge in [-0.05, 0) is 29.0 Å². The highest BCUT2D eigenvalue weighted by molar-refractivity contribution is 7.89. The van der Waals surface area contributed by atoms with E-state index in [0.29, 0.717) is 18.7 Å². The van der Waals surface area contributed by atoms with Crippen LogP contribution in [-0.4, -0.2) is 49.7 Å². The molecule has 1 saturated heterocycles. The van der Waals surface area contributed by atoms with Gasteiger partial charge in [0, 0.05) is 31.7 Å². The average Bonchev–Trinajstić information content (AvgIpc) is 2.74. The van der Waals surface area contributed by atoms with Crippen LogP contribution in [0.25, 0.3) is 10.8 Å². The minimum absolute atomic E-state index is 0.0134.